The molecule has 1 amide bonds. The maximum absolute atomic E-state index is 12.5. The topological polar surface area (TPSA) is 47.6 Å². The van der Waals surface area contributed by atoms with Crippen LogP contribution >= 0.6 is 11.3 Å². The number of ether oxygens (including phenoxy) is 2. The Hall–Kier alpha value is -2.79. The van der Waals surface area contributed by atoms with E-state index in [9.17, 15) is 4.79 Å². The summed E-state index contributed by atoms with van der Waals surface area (Å²) in [5.41, 5.74) is 4.20. The van der Waals surface area contributed by atoms with E-state index in [0.717, 1.165) is 33.9 Å². The van der Waals surface area contributed by atoms with Crippen molar-refractivity contribution < 1.29 is 14.3 Å². The summed E-state index contributed by atoms with van der Waals surface area (Å²) in [6.45, 7) is 5.07. The van der Waals surface area contributed by atoms with Gasteiger partial charge in [0.2, 0.25) is 5.91 Å². The van der Waals surface area contributed by atoms with E-state index < -0.39 is 0 Å². The number of fused-ring (bicyclic) bond motifs is 1. The lowest BCUT2D eigenvalue weighted by Crippen LogP contribution is -2.22. The minimum atomic E-state index is 0.0149. The summed E-state index contributed by atoms with van der Waals surface area (Å²) in [7, 11) is 0. The standard InChI is InChI=1S/C23H23NO3S/c1-3-26-19-11-10-16(12-20(19)27-4-2)17-13-21(25)24-22-18(14-28-23(17)22)15-8-6-5-7-9-15/h5-12,14,17H,3-4,13H2,1-2H3,(H,24,25)/t17-/m1/s1. The van der Waals surface area contributed by atoms with Gasteiger partial charge in [0, 0.05) is 28.2 Å². The SMILES string of the molecule is CCOc1ccc([C@H]2CC(=O)Nc3c(-c4ccccc4)csc32)cc1OCC. The van der Waals surface area contributed by atoms with Crippen LogP contribution < -0.4 is 14.8 Å². The molecule has 0 fully saturated rings. The molecule has 0 unspecified atom stereocenters. The van der Waals surface area contributed by atoms with Gasteiger partial charge in [-0.2, -0.15) is 0 Å². The number of carbonyl (C=O) groups is 1. The first-order chi connectivity index (χ1) is 13.7. The zero-order valence-electron chi connectivity index (χ0n) is 16.0. The van der Waals surface area contributed by atoms with E-state index in [0.29, 0.717) is 19.6 Å². The van der Waals surface area contributed by atoms with Crippen molar-refractivity contribution in [3.8, 4) is 22.6 Å². The number of anilines is 1. The average molecular weight is 394 g/mol. The molecule has 2 heterocycles. The molecule has 1 aliphatic heterocycles. The highest BCUT2D eigenvalue weighted by molar-refractivity contribution is 7.11. The van der Waals surface area contributed by atoms with Crippen LogP contribution in [0.25, 0.3) is 11.1 Å². The van der Waals surface area contributed by atoms with Crippen molar-refractivity contribution >= 4 is 22.9 Å². The summed E-state index contributed by atoms with van der Waals surface area (Å²) in [5, 5.41) is 5.23. The van der Waals surface area contributed by atoms with E-state index in [1.165, 1.54) is 4.88 Å². The van der Waals surface area contributed by atoms with Crippen molar-refractivity contribution in [2.45, 2.75) is 26.2 Å². The van der Waals surface area contributed by atoms with E-state index in [2.05, 4.69) is 22.8 Å². The number of hydrogen-bond acceptors (Lipinski definition) is 4. The lowest BCUT2D eigenvalue weighted by atomic mass is 9.89. The number of hydrogen-bond donors (Lipinski definition) is 1. The Morgan fingerprint density at radius 2 is 1.79 bits per heavy atom. The highest BCUT2D eigenvalue weighted by Gasteiger charge is 2.31. The van der Waals surface area contributed by atoms with Gasteiger partial charge in [-0.3, -0.25) is 4.79 Å². The maximum atomic E-state index is 12.5. The Morgan fingerprint density at radius 3 is 2.54 bits per heavy atom. The van der Waals surface area contributed by atoms with Crippen LogP contribution in [0, 0.1) is 0 Å². The normalized spacial score (nSPS) is 15.6. The third-order valence-electron chi connectivity index (χ3n) is 4.84. The van der Waals surface area contributed by atoms with Gasteiger partial charge in [0.1, 0.15) is 0 Å². The molecule has 4 rings (SSSR count). The molecule has 0 saturated heterocycles. The molecule has 0 bridgehead atoms. The Kier molecular flexibility index (Phi) is 5.35. The van der Waals surface area contributed by atoms with Gasteiger partial charge in [0.25, 0.3) is 0 Å². The van der Waals surface area contributed by atoms with Gasteiger partial charge >= 0.3 is 0 Å². The number of nitrogens with one attached hydrogen (secondary N) is 1. The van der Waals surface area contributed by atoms with Crippen molar-refractivity contribution in [3.05, 3.63) is 64.4 Å². The van der Waals surface area contributed by atoms with Gasteiger partial charge < -0.3 is 14.8 Å². The number of rotatable bonds is 6. The summed E-state index contributed by atoms with van der Waals surface area (Å²) < 4.78 is 11.5. The van der Waals surface area contributed by atoms with Crippen molar-refractivity contribution in [2.75, 3.05) is 18.5 Å². The predicted molar refractivity (Wildman–Crippen MR) is 114 cm³/mol. The second-order valence-electron chi connectivity index (χ2n) is 6.63. The molecule has 0 spiro atoms. The zero-order chi connectivity index (χ0) is 19.5. The summed E-state index contributed by atoms with van der Waals surface area (Å²) in [4.78, 5) is 13.7. The lowest BCUT2D eigenvalue weighted by molar-refractivity contribution is -0.116. The summed E-state index contributed by atoms with van der Waals surface area (Å²) in [5.74, 6) is 1.53. The van der Waals surface area contributed by atoms with E-state index in [-0.39, 0.29) is 11.8 Å². The Bertz CT molecular complexity index is 981. The van der Waals surface area contributed by atoms with Crippen molar-refractivity contribution in [3.63, 3.8) is 0 Å². The van der Waals surface area contributed by atoms with Crippen LogP contribution in [0.1, 0.15) is 36.6 Å². The Morgan fingerprint density at radius 1 is 1.04 bits per heavy atom. The van der Waals surface area contributed by atoms with Gasteiger partial charge in [0.15, 0.2) is 11.5 Å². The molecule has 0 radical (unpaired) electrons. The van der Waals surface area contributed by atoms with Gasteiger partial charge in [-0.15, -0.1) is 11.3 Å². The smallest absolute Gasteiger partial charge is 0.225 e. The summed E-state index contributed by atoms with van der Waals surface area (Å²) >= 11 is 1.70. The van der Waals surface area contributed by atoms with Gasteiger partial charge in [0.05, 0.1) is 18.9 Å². The molecular formula is C23H23NO3S. The second-order valence-corrected chi connectivity index (χ2v) is 7.54. The fourth-order valence-corrected chi connectivity index (χ4v) is 4.77. The van der Waals surface area contributed by atoms with Gasteiger partial charge in [-0.05, 0) is 37.1 Å². The summed E-state index contributed by atoms with van der Waals surface area (Å²) in [6.07, 6.45) is 0.432. The first-order valence-corrected chi connectivity index (χ1v) is 10.4. The lowest BCUT2D eigenvalue weighted by Gasteiger charge is -2.24. The number of carbonyl (C=O) groups excluding carboxylic acids is 1. The van der Waals surface area contributed by atoms with E-state index in [1.807, 2.05) is 50.2 Å². The monoisotopic (exact) mass is 393 g/mol. The van der Waals surface area contributed by atoms with Gasteiger partial charge in [-0.1, -0.05) is 36.4 Å². The van der Waals surface area contributed by atoms with E-state index in [4.69, 9.17) is 9.47 Å². The molecule has 1 N–H and O–H groups in total. The highest BCUT2D eigenvalue weighted by Crippen LogP contribution is 2.47. The molecule has 28 heavy (non-hydrogen) atoms. The fourth-order valence-electron chi connectivity index (χ4n) is 3.61. The maximum Gasteiger partial charge on any atom is 0.225 e. The van der Waals surface area contributed by atoms with Crippen molar-refractivity contribution in [1.29, 1.82) is 0 Å². The first-order valence-electron chi connectivity index (χ1n) is 9.57. The zero-order valence-corrected chi connectivity index (χ0v) is 16.8. The predicted octanol–water partition coefficient (Wildman–Crippen LogP) is 5.69. The molecule has 0 saturated carbocycles. The third-order valence-corrected chi connectivity index (χ3v) is 5.94. The van der Waals surface area contributed by atoms with E-state index >= 15 is 0 Å². The Balaban J connectivity index is 1.76. The van der Waals surface area contributed by atoms with Crippen LogP contribution in [0.3, 0.4) is 0 Å². The third kappa shape index (κ3) is 3.50. The van der Waals surface area contributed by atoms with Gasteiger partial charge in [-0.25, -0.2) is 0 Å². The molecule has 5 heteroatoms. The minimum absolute atomic E-state index is 0.0149. The molecule has 1 aromatic heterocycles. The number of amides is 1. The molecule has 0 aliphatic carbocycles. The number of thiophene rings is 1. The van der Waals surface area contributed by atoms with Crippen LogP contribution in [0.15, 0.2) is 53.9 Å². The average Bonchev–Trinajstić information content (AvgIpc) is 3.13. The number of benzene rings is 2. The highest BCUT2D eigenvalue weighted by atomic mass is 32.1. The molecule has 3 aromatic rings. The molecular weight excluding hydrogens is 370 g/mol. The van der Waals surface area contributed by atoms with Crippen LogP contribution in [-0.2, 0) is 4.79 Å². The van der Waals surface area contributed by atoms with Crippen LogP contribution in [-0.4, -0.2) is 19.1 Å². The van der Waals surface area contributed by atoms with Crippen molar-refractivity contribution in [2.24, 2.45) is 0 Å². The first kappa shape index (κ1) is 18.6. The van der Waals surface area contributed by atoms with Crippen LogP contribution in [0.5, 0.6) is 11.5 Å². The molecule has 1 atom stereocenters. The summed E-state index contributed by atoms with van der Waals surface area (Å²) in [6, 6.07) is 16.2. The molecule has 144 valence electrons. The minimum Gasteiger partial charge on any atom is -0.490 e. The quantitative estimate of drug-likeness (QED) is 0.585. The van der Waals surface area contributed by atoms with E-state index in [1.54, 1.807) is 11.3 Å². The van der Waals surface area contributed by atoms with Crippen molar-refractivity contribution in [1.82, 2.24) is 0 Å². The second kappa shape index (κ2) is 8.07. The Labute approximate surface area is 169 Å². The fraction of sp³-hybridized carbons (Fsp3) is 0.261. The molecule has 2 aromatic carbocycles. The van der Waals surface area contributed by atoms with Crippen LogP contribution in [0.4, 0.5) is 5.69 Å². The molecule has 1 aliphatic rings. The van der Waals surface area contributed by atoms with Crippen LogP contribution in [0.2, 0.25) is 0 Å². The largest absolute Gasteiger partial charge is 0.490 e. The molecule has 4 nitrogen and oxygen atoms in total.